The predicted octanol–water partition coefficient (Wildman–Crippen LogP) is 3.16. The molecule has 0 radical (unpaired) electrons. The van der Waals surface area contributed by atoms with Gasteiger partial charge in [-0.2, -0.15) is 0 Å². The van der Waals surface area contributed by atoms with Gasteiger partial charge in [0.05, 0.1) is 6.54 Å². The summed E-state index contributed by atoms with van der Waals surface area (Å²) in [6, 6.07) is 10.4. The Kier molecular flexibility index (Phi) is 3.60. The first kappa shape index (κ1) is 12.6. The van der Waals surface area contributed by atoms with Crippen molar-refractivity contribution in [2.45, 2.75) is 26.3 Å². The zero-order valence-corrected chi connectivity index (χ0v) is 10.6. The van der Waals surface area contributed by atoms with Gasteiger partial charge < -0.3 is 4.57 Å². The number of hydrogen-bond acceptors (Lipinski definition) is 1. The Morgan fingerprint density at radius 1 is 1.17 bits per heavy atom. The molecular weight excluding hydrogens is 229 g/mol. The molecule has 0 amide bonds. The second kappa shape index (κ2) is 5.17. The van der Waals surface area contributed by atoms with Gasteiger partial charge in [-0.05, 0) is 23.1 Å². The van der Waals surface area contributed by atoms with Crippen LogP contribution in [0.15, 0.2) is 47.4 Å². The van der Waals surface area contributed by atoms with Crippen LogP contribution in [0.5, 0.6) is 0 Å². The van der Waals surface area contributed by atoms with E-state index < -0.39 is 5.82 Å². The van der Waals surface area contributed by atoms with E-state index in [0.717, 1.165) is 11.6 Å². The smallest absolute Gasteiger partial charge is 0.253 e. The minimum atomic E-state index is -0.494. The number of aromatic nitrogens is 1. The van der Waals surface area contributed by atoms with Gasteiger partial charge in [0.25, 0.3) is 5.56 Å². The Hall–Kier alpha value is -1.90. The molecule has 2 nitrogen and oxygen atoms in total. The van der Waals surface area contributed by atoms with Crippen LogP contribution in [0, 0.1) is 5.82 Å². The molecule has 0 atom stereocenters. The molecule has 0 aliphatic rings. The lowest BCUT2D eigenvalue weighted by molar-refractivity contribution is 0.611. The van der Waals surface area contributed by atoms with E-state index in [1.54, 1.807) is 0 Å². The molecule has 94 valence electrons. The summed E-state index contributed by atoms with van der Waals surface area (Å²) in [6.45, 7) is 4.75. The Labute approximate surface area is 106 Å². The Bertz CT molecular complexity index is 584. The van der Waals surface area contributed by atoms with E-state index in [9.17, 15) is 9.18 Å². The van der Waals surface area contributed by atoms with E-state index in [2.05, 4.69) is 26.0 Å². The highest BCUT2D eigenvalue weighted by Gasteiger charge is 2.01. The van der Waals surface area contributed by atoms with E-state index in [0.29, 0.717) is 12.5 Å². The summed E-state index contributed by atoms with van der Waals surface area (Å²) in [7, 11) is 0. The van der Waals surface area contributed by atoms with Gasteiger partial charge in [-0.15, -0.1) is 0 Å². The van der Waals surface area contributed by atoms with Gasteiger partial charge in [-0.25, -0.2) is 4.39 Å². The van der Waals surface area contributed by atoms with Gasteiger partial charge in [-0.1, -0.05) is 38.1 Å². The van der Waals surface area contributed by atoms with Crippen molar-refractivity contribution in [3.8, 4) is 0 Å². The summed E-state index contributed by atoms with van der Waals surface area (Å²) in [5.41, 5.74) is 1.99. The molecule has 0 N–H and O–H groups in total. The van der Waals surface area contributed by atoms with Crippen molar-refractivity contribution in [1.82, 2.24) is 4.57 Å². The van der Waals surface area contributed by atoms with Crippen LogP contribution >= 0.6 is 0 Å². The molecule has 1 aromatic carbocycles. The maximum absolute atomic E-state index is 12.8. The Morgan fingerprint density at radius 3 is 2.39 bits per heavy atom. The number of hydrogen-bond donors (Lipinski definition) is 0. The quantitative estimate of drug-likeness (QED) is 0.814. The molecular formula is C15H16FNO. The number of nitrogens with zero attached hydrogens (tertiary/aromatic N) is 1. The lowest BCUT2D eigenvalue weighted by Gasteiger charge is -2.08. The molecule has 0 fully saturated rings. The summed E-state index contributed by atoms with van der Waals surface area (Å²) >= 11 is 0. The number of halogens is 1. The summed E-state index contributed by atoms with van der Waals surface area (Å²) in [6.07, 6.45) is 1.48. The van der Waals surface area contributed by atoms with Crippen molar-refractivity contribution >= 4 is 0 Å². The van der Waals surface area contributed by atoms with E-state index in [4.69, 9.17) is 0 Å². The normalized spacial score (nSPS) is 10.9. The van der Waals surface area contributed by atoms with E-state index in [1.165, 1.54) is 22.4 Å². The number of pyridine rings is 1. The van der Waals surface area contributed by atoms with E-state index >= 15 is 0 Å². The van der Waals surface area contributed by atoms with Crippen molar-refractivity contribution in [3.05, 3.63) is 69.9 Å². The molecule has 3 heteroatoms. The molecule has 0 spiro atoms. The average molecular weight is 245 g/mol. The summed E-state index contributed by atoms with van der Waals surface area (Å²) < 4.78 is 14.3. The van der Waals surface area contributed by atoms with Crippen LogP contribution in [-0.4, -0.2) is 4.57 Å². The summed E-state index contributed by atoms with van der Waals surface area (Å²) in [5, 5.41) is 0. The lowest BCUT2D eigenvalue weighted by atomic mass is 10.0. The standard InChI is InChI=1S/C15H16FNO/c1-11(2)13-5-3-12(4-6-13)10-17-8-7-14(16)9-15(17)18/h3-9,11H,10H2,1-2H3. The SMILES string of the molecule is CC(C)c1ccc(Cn2ccc(F)cc2=O)cc1. The van der Waals surface area contributed by atoms with Gasteiger partial charge in [0.1, 0.15) is 5.82 Å². The monoisotopic (exact) mass is 245 g/mol. The van der Waals surface area contributed by atoms with Crippen molar-refractivity contribution in [3.63, 3.8) is 0 Å². The fourth-order valence-corrected chi connectivity index (χ4v) is 1.82. The first-order valence-electron chi connectivity index (χ1n) is 6.01. The number of rotatable bonds is 3. The zero-order valence-electron chi connectivity index (χ0n) is 10.6. The largest absolute Gasteiger partial charge is 0.311 e. The minimum Gasteiger partial charge on any atom is -0.311 e. The summed E-state index contributed by atoms with van der Waals surface area (Å²) in [5.74, 6) is -0.000927. The third-order valence-corrected chi connectivity index (χ3v) is 2.96. The van der Waals surface area contributed by atoms with E-state index in [1.807, 2.05) is 12.1 Å². The van der Waals surface area contributed by atoms with Crippen LogP contribution in [0.4, 0.5) is 4.39 Å². The summed E-state index contributed by atoms with van der Waals surface area (Å²) in [4.78, 5) is 11.5. The molecule has 1 heterocycles. The Balaban J connectivity index is 2.21. The van der Waals surface area contributed by atoms with Crippen LogP contribution < -0.4 is 5.56 Å². The molecule has 0 bridgehead atoms. The van der Waals surface area contributed by atoms with Crippen LogP contribution in [0.1, 0.15) is 30.9 Å². The minimum absolute atomic E-state index is 0.317. The van der Waals surface area contributed by atoms with Gasteiger partial charge in [-0.3, -0.25) is 4.79 Å². The molecule has 0 aliphatic carbocycles. The number of benzene rings is 1. The van der Waals surface area contributed by atoms with Gasteiger partial charge in [0.15, 0.2) is 0 Å². The van der Waals surface area contributed by atoms with Gasteiger partial charge in [0.2, 0.25) is 0 Å². The van der Waals surface area contributed by atoms with E-state index in [-0.39, 0.29) is 5.56 Å². The Morgan fingerprint density at radius 2 is 1.83 bits per heavy atom. The highest BCUT2D eigenvalue weighted by Crippen LogP contribution is 2.14. The molecule has 0 unspecified atom stereocenters. The van der Waals surface area contributed by atoms with Crippen molar-refractivity contribution in [1.29, 1.82) is 0 Å². The molecule has 18 heavy (non-hydrogen) atoms. The van der Waals surface area contributed by atoms with Crippen molar-refractivity contribution in [2.75, 3.05) is 0 Å². The van der Waals surface area contributed by atoms with Crippen molar-refractivity contribution in [2.24, 2.45) is 0 Å². The third kappa shape index (κ3) is 2.86. The topological polar surface area (TPSA) is 22.0 Å². The molecule has 0 aliphatic heterocycles. The molecule has 1 aromatic heterocycles. The van der Waals surface area contributed by atoms with Crippen LogP contribution in [-0.2, 0) is 6.54 Å². The zero-order chi connectivity index (χ0) is 13.1. The van der Waals surface area contributed by atoms with Gasteiger partial charge >= 0.3 is 0 Å². The fourth-order valence-electron chi connectivity index (χ4n) is 1.82. The maximum Gasteiger partial charge on any atom is 0.253 e. The first-order chi connectivity index (χ1) is 8.56. The maximum atomic E-state index is 12.8. The van der Waals surface area contributed by atoms with Gasteiger partial charge in [0, 0.05) is 12.3 Å². The van der Waals surface area contributed by atoms with Crippen LogP contribution in [0.3, 0.4) is 0 Å². The molecule has 0 saturated carbocycles. The third-order valence-electron chi connectivity index (χ3n) is 2.96. The first-order valence-corrected chi connectivity index (χ1v) is 6.01. The molecule has 2 rings (SSSR count). The lowest BCUT2D eigenvalue weighted by Crippen LogP contribution is -2.19. The highest BCUT2D eigenvalue weighted by molar-refractivity contribution is 5.25. The van der Waals surface area contributed by atoms with Crippen molar-refractivity contribution < 1.29 is 4.39 Å². The predicted molar refractivity (Wildman–Crippen MR) is 70.3 cm³/mol. The second-order valence-corrected chi connectivity index (χ2v) is 4.71. The average Bonchev–Trinajstić information content (AvgIpc) is 2.33. The highest BCUT2D eigenvalue weighted by atomic mass is 19.1. The fraction of sp³-hybridized carbons (Fsp3) is 0.267. The molecule has 0 saturated heterocycles. The van der Waals surface area contributed by atoms with Crippen LogP contribution in [0.2, 0.25) is 0 Å². The van der Waals surface area contributed by atoms with Crippen LogP contribution in [0.25, 0.3) is 0 Å². The molecule has 2 aromatic rings. The second-order valence-electron chi connectivity index (χ2n) is 4.71.